The van der Waals surface area contributed by atoms with Gasteiger partial charge >= 0.3 is 0 Å². The second kappa shape index (κ2) is 4.78. The SMILES string of the molecule is Cc1cc(Cl)c(OCC2CC2)c(-c2cc(N)on2)c1. The quantitative estimate of drug-likeness (QED) is 0.927. The van der Waals surface area contributed by atoms with Crippen LogP contribution in [0.3, 0.4) is 0 Å². The van der Waals surface area contributed by atoms with Crippen molar-refractivity contribution in [3.8, 4) is 17.0 Å². The van der Waals surface area contributed by atoms with E-state index in [0.717, 1.165) is 11.1 Å². The number of aryl methyl sites for hydroxylation is 1. The van der Waals surface area contributed by atoms with E-state index in [1.165, 1.54) is 12.8 Å². The lowest BCUT2D eigenvalue weighted by Crippen LogP contribution is -2.01. The Labute approximate surface area is 116 Å². The summed E-state index contributed by atoms with van der Waals surface area (Å²) in [5.41, 5.74) is 8.09. The molecule has 1 fully saturated rings. The van der Waals surface area contributed by atoms with E-state index in [-0.39, 0.29) is 5.88 Å². The summed E-state index contributed by atoms with van der Waals surface area (Å²) in [7, 11) is 0. The standard InChI is InChI=1S/C14H15ClN2O2/c1-8-4-10(12-6-13(16)19-17-12)14(11(15)5-8)18-7-9-2-3-9/h4-6,9H,2-3,7,16H2,1H3. The number of hydrogen-bond donors (Lipinski definition) is 1. The number of ether oxygens (including phenoxy) is 1. The highest BCUT2D eigenvalue weighted by Crippen LogP contribution is 2.39. The first-order valence-corrected chi connectivity index (χ1v) is 6.67. The molecule has 1 saturated carbocycles. The molecule has 0 bridgehead atoms. The number of nitrogens with two attached hydrogens (primary N) is 1. The number of nitrogen functional groups attached to an aromatic ring is 1. The van der Waals surface area contributed by atoms with Crippen molar-refractivity contribution in [1.82, 2.24) is 5.16 Å². The summed E-state index contributed by atoms with van der Waals surface area (Å²) in [6.07, 6.45) is 2.46. The van der Waals surface area contributed by atoms with Gasteiger partial charge in [-0.2, -0.15) is 0 Å². The fraction of sp³-hybridized carbons (Fsp3) is 0.357. The molecule has 0 atom stereocenters. The van der Waals surface area contributed by atoms with Crippen LogP contribution < -0.4 is 10.5 Å². The predicted octanol–water partition coefficient (Wildman–Crippen LogP) is 3.67. The van der Waals surface area contributed by atoms with Gasteiger partial charge in [0.25, 0.3) is 0 Å². The average Bonchev–Trinajstić information content (AvgIpc) is 3.08. The van der Waals surface area contributed by atoms with Crippen molar-refractivity contribution in [3.05, 3.63) is 28.8 Å². The average molecular weight is 279 g/mol. The molecule has 1 aromatic heterocycles. The number of nitrogens with zero attached hydrogens (tertiary/aromatic N) is 1. The third-order valence-electron chi connectivity index (χ3n) is 3.15. The van der Waals surface area contributed by atoms with E-state index in [9.17, 15) is 0 Å². The van der Waals surface area contributed by atoms with Gasteiger partial charge in [0.2, 0.25) is 5.88 Å². The zero-order valence-electron chi connectivity index (χ0n) is 10.6. The maximum absolute atomic E-state index is 6.28. The minimum atomic E-state index is 0.278. The van der Waals surface area contributed by atoms with Gasteiger partial charge in [0.1, 0.15) is 11.4 Å². The van der Waals surface area contributed by atoms with Crippen LogP contribution in [0.25, 0.3) is 11.3 Å². The molecule has 19 heavy (non-hydrogen) atoms. The highest BCUT2D eigenvalue weighted by atomic mass is 35.5. The summed E-state index contributed by atoms with van der Waals surface area (Å²) in [6, 6.07) is 5.54. The highest BCUT2D eigenvalue weighted by Gasteiger charge is 2.24. The van der Waals surface area contributed by atoms with E-state index >= 15 is 0 Å². The van der Waals surface area contributed by atoms with E-state index in [2.05, 4.69) is 5.16 Å². The van der Waals surface area contributed by atoms with Gasteiger partial charge in [0.05, 0.1) is 11.6 Å². The summed E-state index contributed by atoms with van der Waals surface area (Å²) < 4.78 is 10.8. The Morgan fingerprint density at radius 2 is 2.21 bits per heavy atom. The fourth-order valence-electron chi connectivity index (χ4n) is 1.97. The molecule has 1 aliphatic rings. The molecule has 0 amide bonds. The zero-order valence-corrected chi connectivity index (χ0v) is 11.4. The van der Waals surface area contributed by atoms with Crippen LogP contribution in [0.5, 0.6) is 5.75 Å². The van der Waals surface area contributed by atoms with Gasteiger partial charge in [-0.15, -0.1) is 0 Å². The van der Waals surface area contributed by atoms with Gasteiger partial charge in [-0.05, 0) is 43.4 Å². The molecule has 0 unspecified atom stereocenters. The summed E-state index contributed by atoms with van der Waals surface area (Å²) in [5.74, 6) is 1.60. The first-order chi connectivity index (χ1) is 9.13. The van der Waals surface area contributed by atoms with Crippen LogP contribution in [-0.4, -0.2) is 11.8 Å². The monoisotopic (exact) mass is 278 g/mol. The number of rotatable bonds is 4. The molecule has 0 spiro atoms. The van der Waals surface area contributed by atoms with Crippen molar-refractivity contribution in [2.45, 2.75) is 19.8 Å². The van der Waals surface area contributed by atoms with E-state index in [0.29, 0.717) is 29.0 Å². The summed E-state index contributed by atoms with van der Waals surface area (Å²) in [4.78, 5) is 0. The largest absolute Gasteiger partial charge is 0.491 e. The number of halogens is 1. The fourth-order valence-corrected chi connectivity index (χ4v) is 2.30. The van der Waals surface area contributed by atoms with E-state index < -0.39 is 0 Å². The van der Waals surface area contributed by atoms with Gasteiger partial charge in [-0.1, -0.05) is 16.8 Å². The van der Waals surface area contributed by atoms with Crippen LogP contribution >= 0.6 is 11.6 Å². The maximum atomic E-state index is 6.28. The van der Waals surface area contributed by atoms with E-state index in [1.54, 1.807) is 6.07 Å². The molecule has 0 radical (unpaired) electrons. The Bertz CT molecular complexity index is 605. The second-order valence-corrected chi connectivity index (χ2v) is 5.40. The number of anilines is 1. The van der Waals surface area contributed by atoms with Crippen LogP contribution in [-0.2, 0) is 0 Å². The highest BCUT2D eigenvalue weighted by molar-refractivity contribution is 6.32. The first kappa shape index (κ1) is 12.4. The number of hydrogen-bond acceptors (Lipinski definition) is 4. The van der Waals surface area contributed by atoms with Crippen LogP contribution in [0.1, 0.15) is 18.4 Å². The summed E-state index contributed by atoms with van der Waals surface area (Å²) >= 11 is 6.28. The van der Waals surface area contributed by atoms with Crippen LogP contribution in [0.2, 0.25) is 5.02 Å². The molecular formula is C14H15ClN2O2. The predicted molar refractivity (Wildman–Crippen MR) is 74.3 cm³/mol. The summed E-state index contributed by atoms with van der Waals surface area (Å²) in [6.45, 7) is 2.67. The molecule has 0 saturated heterocycles. The van der Waals surface area contributed by atoms with Crippen molar-refractivity contribution in [3.63, 3.8) is 0 Å². The Morgan fingerprint density at radius 1 is 1.42 bits per heavy atom. The van der Waals surface area contributed by atoms with Crippen LogP contribution in [0.4, 0.5) is 5.88 Å². The lowest BCUT2D eigenvalue weighted by atomic mass is 10.1. The van der Waals surface area contributed by atoms with Gasteiger partial charge in [-0.25, -0.2) is 0 Å². The third-order valence-corrected chi connectivity index (χ3v) is 3.43. The number of aromatic nitrogens is 1. The topological polar surface area (TPSA) is 61.3 Å². The Hall–Kier alpha value is -1.68. The normalized spacial score (nSPS) is 14.6. The molecule has 0 aliphatic heterocycles. The number of benzene rings is 1. The molecule has 1 aromatic carbocycles. The Morgan fingerprint density at radius 3 is 2.84 bits per heavy atom. The second-order valence-electron chi connectivity index (χ2n) is 4.99. The Kier molecular flexibility index (Phi) is 3.11. The lowest BCUT2D eigenvalue weighted by molar-refractivity contribution is 0.301. The molecule has 1 heterocycles. The van der Waals surface area contributed by atoms with Gasteiger partial charge in [0.15, 0.2) is 0 Å². The smallest absolute Gasteiger partial charge is 0.222 e. The molecule has 2 N–H and O–H groups in total. The summed E-state index contributed by atoms with van der Waals surface area (Å²) in [5, 5.41) is 4.53. The van der Waals surface area contributed by atoms with Crippen molar-refractivity contribution in [1.29, 1.82) is 0 Å². The molecule has 2 aromatic rings. The molecule has 100 valence electrons. The molecule has 5 heteroatoms. The zero-order chi connectivity index (χ0) is 13.4. The minimum absolute atomic E-state index is 0.278. The van der Waals surface area contributed by atoms with Crippen molar-refractivity contribution < 1.29 is 9.26 Å². The minimum Gasteiger partial charge on any atom is -0.491 e. The lowest BCUT2D eigenvalue weighted by Gasteiger charge is -2.12. The van der Waals surface area contributed by atoms with Gasteiger partial charge in [-0.3, -0.25) is 0 Å². The van der Waals surface area contributed by atoms with Crippen LogP contribution in [0.15, 0.2) is 22.7 Å². The van der Waals surface area contributed by atoms with Crippen LogP contribution in [0, 0.1) is 12.8 Å². The van der Waals surface area contributed by atoms with Gasteiger partial charge < -0.3 is 15.0 Å². The third kappa shape index (κ3) is 2.68. The molecule has 1 aliphatic carbocycles. The van der Waals surface area contributed by atoms with Crippen molar-refractivity contribution in [2.75, 3.05) is 12.3 Å². The Balaban J connectivity index is 1.99. The molecular weight excluding hydrogens is 264 g/mol. The van der Waals surface area contributed by atoms with Crippen molar-refractivity contribution in [2.24, 2.45) is 5.92 Å². The van der Waals surface area contributed by atoms with E-state index in [4.69, 9.17) is 26.6 Å². The van der Waals surface area contributed by atoms with Crippen molar-refractivity contribution >= 4 is 17.5 Å². The van der Waals surface area contributed by atoms with Gasteiger partial charge in [0, 0.05) is 11.6 Å². The first-order valence-electron chi connectivity index (χ1n) is 6.29. The molecule has 3 rings (SSSR count). The van der Waals surface area contributed by atoms with E-state index in [1.807, 2.05) is 19.1 Å². The maximum Gasteiger partial charge on any atom is 0.222 e. The molecule has 4 nitrogen and oxygen atoms in total.